The molecule has 0 aliphatic heterocycles. The third-order valence-electron chi connectivity index (χ3n) is 3.21. The van der Waals surface area contributed by atoms with E-state index in [9.17, 15) is 19.7 Å². The highest BCUT2D eigenvalue weighted by molar-refractivity contribution is 5.96. The summed E-state index contributed by atoms with van der Waals surface area (Å²) < 4.78 is 0. The standard InChI is InChI=1S/C17H16N4O4/c1-2-16(22)19-14-8-6-13(7-9-14)17(23)20-18-11-12-4-3-5-15(10-12)21(24)25/h3-11H,2H2,1H3,(H,19,22)(H,20,23). The monoisotopic (exact) mass is 340 g/mol. The first-order valence-corrected chi connectivity index (χ1v) is 7.47. The summed E-state index contributed by atoms with van der Waals surface area (Å²) in [7, 11) is 0. The average molecular weight is 340 g/mol. The van der Waals surface area contributed by atoms with Crippen LogP contribution in [0.3, 0.4) is 0 Å². The van der Waals surface area contributed by atoms with Gasteiger partial charge in [-0.1, -0.05) is 19.1 Å². The number of nitro benzene ring substituents is 1. The van der Waals surface area contributed by atoms with Crippen LogP contribution in [-0.2, 0) is 4.79 Å². The molecule has 0 saturated heterocycles. The number of nitrogens with zero attached hydrogens (tertiary/aromatic N) is 2. The van der Waals surface area contributed by atoms with Crippen molar-refractivity contribution in [1.82, 2.24) is 5.43 Å². The summed E-state index contributed by atoms with van der Waals surface area (Å²) in [5.74, 6) is -0.547. The SMILES string of the molecule is CCC(=O)Nc1ccc(C(=O)NN=Cc2cccc([N+](=O)[O-])c2)cc1. The normalized spacial score (nSPS) is 10.4. The van der Waals surface area contributed by atoms with E-state index in [2.05, 4.69) is 15.8 Å². The van der Waals surface area contributed by atoms with Crippen LogP contribution in [0.1, 0.15) is 29.3 Å². The van der Waals surface area contributed by atoms with Crippen molar-refractivity contribution in [1.29, 1.82) is 0 Å². The Morgan fingerprint density at radius 2 is 1.92 bits per heavy atom. The highest BCUT2D eigenvalue weighted by atomic mass is 16.6. The molecule has 0 spiro atoms. The summed E-state index contributed by atoms with van der Waals surface area (Å²) in [4.78, 5) is 33.5. The number of carbonyl (C=O) groups is 2. The van der Waals surface area contributed by atoms with Gasteiger partial charge in [0.25, 0.3) is 11.6 Å². The molecule has 0 bridgehead atoms. The molecular formula is C17H16N4O4. The lowest BCUT2D eigenvalue weighted by Gasteiger charge is -2.04. The predicted octanol–water partition coefficient (Wildman–Crippen LogP) is 2.71. The van der Waals surface area contributed by atoms with E-state index in [1.807, 2.05) is 0 Å². The molecule has 8 heteroatoms. The Hall–Kier alpha value is -3.55. The van der Waals surface area contributed by atoms with Gasteiger partial charge in [0.05, 0.1) is 11.1 Å². The summed E-state index contributed by atoms with van der Waals surface area (Å²) in [6.07, 6.45) is 1.69. The summed E-state index contributed by atoms with van der Waals surface area (Å²) in [5, 5.41) is 17.2. The van der Waals surface area contributed by atoms with Crippen molar-refractivity contribution in [3.63, 3.8) is 0 Å². The molecule has 2 aromatic carbocycles. The van der Waals surface area contributed by atoms with Gasteiger partial charge in [-0.05, 0) is 24.3 Å². The van der Waals surface area contributed by atoms with E-state index in [1.165, 1.54) is 24.4 Å². The molecule has 0 fully saturated rings. The Labute approximate surface area is 143 Å². The molecule has 0 heterocycles. The summed E-state index contributed by atoms with van der Waals surface area (Å²) >= 11 is 0. The van der Waals surface area contributed by atoms with Gasteiger partial charge in [0, 0.05) is 35.4 Å². The Morgan fingerprint density at radius 3 is 2.56 bits per heavy atom. The number of benzene rings is 2. The number of anilines is 1. The van der Waals surface area contributed by atoms with Gasteiger partial charge in [-0.25, -0.2) is 5.43 Å². The Bertz CT molecular complexity index is 816. The van der Waals surface area contributed by atoms with E-state index in [0.717, 1.165) is 0 Å². The first kappa shape index (κ1) is 17.8. The van der Waals surface area contributed by atoms with Crippen LogP contribution in [0, 0.1) is 10.1 Å². The van der Waals surface area contributed by atoms with Crippen LogP contribution in [0.15, 0.2) is 53.6 Å². The molecule has 2 aromatic rings. The second-order valence-electron chi connectivity index (χ2n) is 5.03. The zero-order valence-electron chi connectivity index (χ0n) is 13.4. The van der Waals surface area contributed by atoms with Gasteiger partial charge in [-0.15, -0.1) is 0 Å². The van der Waals surface area contributed by atoms with Gasteiger partial charge >= 0.3 is 0 Å². The largest absolute Gasteiger partial charge is 0.326 e. The third-order valence-corrected chi connectivity index (χ3v) is 3.21. The van der Waals surface area contributed by atoms with Gasteiger partial charge < -0.3 is 5.32 Å². The van der Waals surface area contributed by atoms with Crippen LogP contribution in [-0.4, -0.2) is 23.0 Å². The Morgan fingerprint density at radius 1 is 1.20 bits per heavy atom. The first-order valence-electron chi connectivity index (χ1n) is 7.47. The van der Waals surface area contributed by atoms with E-state index < -0.39 is 10.8 Å². The van der Waals surface area contributed by atoms with Crippen molar-refractivity contribution in [2.45, 2.75) is 13.3 Å². The molecular weight excluding hydrogens is 324 g/mol. The fourth-order valence-electron chi connectivity index (χ4n) is 1.90. The number of nitro groups is 1. The smallest absolute Gasteiger partial charge is 0.271 e. The van der Waals surface area contributed by atoms with Crippen molar-refractivity contribution >= 4 is 29.4 Å². The number of rotatable bonds is 6. The van der Waals surface area contributed by atoms with Crippen molar-refractivity contribution in [2.24, 2.45) is 5.10 Å². The number of nitrogens with one attached hydrogen (secondary N) is 2. The summed E-state index contributed by atoms with van der Waals surface area (Å²) in [5.41, 5.74) is 3.74. The van der Waals surface area contributed by atoms with Crippen LogP contribution in [0.2, 0.25) is 0 Å². The number of hydrogen-bond acceptors (Lipinski definition) is 5. The van der Waals surface area contributed by atoms with E-state index in [0.29, 0.717) is 23.2 Å². The maximum absolute atomic E-state index is 12.0. The summed E-state index contributed by atoms with van der Waals surface area (Å²) in [6, 6.07) is 12.2. The maximum Gasteiger partial charge on any atom is 0.271 e. The molecule has 0 aliphatic rings. The van der Waals surface area contributed by atoms with Crippen LogP contribution >= 0.6 is 0 Å². The maximum atomic E-state index is 12.0. The van der Waals surface area contributed by atoms with Crippen molar-refractivity contribution < 1.29 is 14.5 Å². The number of non-ortho nitro benzene ring substituents is 1. The third kappa shape index (κ3) is 5.24. The first-order chi connectivity index (χ1) is 12.0. The molecule has 0 aliphatic carbocycles. The second-order valence-corrected chi connectivity index (χ2v) is 5.03. The van der Waals surface area contributed by atoms with Crippen LogP contribution in [0.4, 0.5) is 11.4 Å². The quantitative estimate of drug-likeness (QED) is 0.478. The molecule has 2 N–H and O–H groups in total. The zero-order chi connectivity index (χ0) is 18.2. The van der Waals surface area contributed by atoms with Crippen molar-refractivity contribution in [2.75, 3.05) is 5.32 Å². The van der Waals surface area contributed by atoms with Gasteiger partial charge in [0.15, 0.2) is 0 Å². The van der Waals surface area contributed by atoms with Crippen molar-refractivity contribution in [3.8, 4) is 0 Å². The summed E-state index contributed by atoms with van der Waals surface area (Å²) in [6.45, 7) is 1.75. The van der Waals surface area contributed by atoms with Gasteiger partial charge in [0.1, 0.15) is 0 Å². The lowest BCUT2D eigenvalue weighted by atomic mass is 10.2. The predicted molar refractivity (Wildman–Crippen MR) is 93.5 cm³/mol. The van der Waals surface area contributed by atoms with Crippen LogP contribution < -0.4 is 10.7 Å². The highest BCUT2D eigenvalue weighted by Gasteiger charge is 2.06. The number of carbonyl (C=O) groups excluding carboxylic acids is 2. The van der Waals surface area contributed by atoms with Crippen LogP contribution in [0.25, 0.3) is 0 Å². The number of hydrazone groups is 1. The lowest BCUT2D eigenvalue weighted by molar-refractivity contribution is -0.384. The molecule has 25 heavy (non-hydrogen) atoms. The Balaban J connectivity index is 1.96. The van der Waals surface area contributed by atoms with Gasteiger partial charge in [-0.3, -0.25) is 19.7 Å². The molecule has 128 valence electrons. The average Bonchev–Trinajstić information content (AvgIpc) is 2.62. The number of hydrogen-bond donors (Lipinski definition) is 2. The molecule has 0 unspecified atom stereocenters. The molecule has 2 rings (SSSR count). The van der Waals surface area contributed by atoms with Gasteiger partial charge in [-0.2, -0.15) is 5.10 Å². The topological polar surface area (TPSA) is 114 Å². The minimum Gasteiger partial charge on any atom is -0.326 e. The zero-order valence-corrected chi connectivity index (χ0v) is 13.4. The van der Waals surface area contributed by atoms with Gasteiger partial charge in [0.2, 0.25) is 5.91 Å². The minimum absolute atomic E-state index is 0.0556. The van der Waals surface area contributed by atoms with E-state index in [1.54, 1.807) is 37.3 Å². The highest BCUT2D eigenvalue weighted by Crippen LogP contribution is 2.12. The van der Waals surface area contributed by atoms with E-state index >= 15 is 0 Å². The molecule has 0 radical (unpaired) electrons. The number of amides is 2. The fraction of sp³-hybridized carbons (Fsp3) is 0.118. The van der Waals surface area contributed by atoms with E-state index in [-0.39, 0.29) is 11.6 Å². The van der Waals surface area contributed by atoms with E-state index in [4.69, 9.17) is 0 Å². The lowest BCUT2D eigenvalue weighted by Crippen LogP contribution is -2.17. The second kappa shape index (κ2) is 8.34. The molecule has 2 amide bonds. The minimum atomic E-state index is -0.505. The van der Waals surface area contributed by atoms with Crippen LogP contribution in [0.5, 0.6) is 0 Å². The molecule has 0 saturated carbocycles. The Kier molecular flexibility index (Phi) is 5.94. The van der Waals surface area contributed by atoms with Crippen molar-refractivity contribution in [3.05, 3.63) is 69.8 Å². The molecule has 8 nitrogen and oxygen atoms in total. The molecule has 0 atom stereocenters. The molecule has 0 aromatic heterocycles. The fourth-order valence-corrected chi connectivity index (χ4v) is 1.90.